The molecule has 0 bridgehead atoms. The summed E-state index contributed by atoms with van der Waals surface area (Å²) >= 11 is 0. The van der Waals surface area contributed by atoms with Crippen LogP contribution in [0.2, 0.25) is 0 Å². The van der Waals surface area contributed by atoms with Crippen LogP contribution in [0.5, 0.6) is 0 Å². The molecule has 0 atom stereocenters. The van der Waals surface area contributed by atoms with Crippen LogP contribution in [-0.4, -0.2) is 9.55 Å². The Hall–Kier alpha value is -2.29. The zero-order chi connectivity index (χ0) is 12.5. The van der Waals surface area contributed by atoms with E-state index in [2.05, 4.69) is 17.1 Å². The molecule has 0 unspecified atom stereocenters. The van der Waals surface area contributed by atoms with Crippen LogP contribution in [0.3, 0.4) is 0 Å². The van der Waals surface area contributed by atoms with Crippen LogP contribution in [-0.2, 0) is 13.5 Å². The highest BCUT2D eigenvalue weighted by Gasteiger charge is 2.08. The van der Waals surface area contributed by atoms with Gasteiger partial charge in [0, 0.05) is 31.0 Å². The van der Waals surface area contributed by atoms with Gasteiger partial charge in [0.1, 0.15) is 0 Å². The van der Waals surface area contributed by atoms with E-state index in [1.807, 2.05) is 30.6 Å². The molecule has 0 aliphatic carbocycles. The SMILES string of the molecule is Cn1cc(Cc2ccccc2)c2c[nH]cc2c1=O. The fraction of sp³-hybridized carbons (Fsp3) is 0.133. The van der Waals surface area contributed by atoms with Crippen LogP contribution < -0.4 is 5.56 Å². The number of rotatable bonds is 2. The van der Waals surface area contributed by atoms with Crippen molar-refractivity contribution in [2.24, 2.45) is 7.05 Å². The lowest BCUT2D eigenvalue weighted by Crippen LogP contribution is -2.16. The molecule has 0 saturated heterocycles. The van der Waals surface area contributed by atoms with Gasteiger partial charge in [-0.25, -0.2) is 0 Å². The Bertz CT molecular complexity index is 738. The molecule has 0 saturated carbocycles. The Morgan fingerprint density at radius 3 is 2.61 bits per heavy atom. The molecule has 2 heterocycles. The summed E-state index contributed by atoms with van der Waals surface area (Å²) in [6.45, 7) is 0. The molecule has 0 aliphatic rings. The van der Waals surface area contributed by atoms with Crippen LogP contribution in [0.15, 0.2) is 53.7 Å². The zero-order valence-corrected chi connectivity index (χ0v) is 10.2. The number of nitrogens with one attached hydrogen (secondary N) is 1. The van der Waals surface area contributed by atoms with Gasteiger partial charge < -0.3 is 9.55 Å². The first-order valence-electron chi connectivity index (χ1n) is 5.94. The molecule has 2 aromatic heterocycles. The molecular formula is C15H14N2O. The molecule has 0 amide bonds. The first kappa shape index (κ1) is 10.8. The summed E-state index contributed by atoms with van der Waals surface area (Å²) < 4.78 is 1.65. The number of aryl methyl sites for hydroxylation is 1. The highest BCUT2D eigenvalue weighted by atomic mass is 16.1. The van der Waals surface area contributed by atoms with E-state index in [-0.39, 0.29) is 5.56 Å². The van der Waals surface area contributed by atoms with Crippen molar-refractivity contribution in [2.45, 2.75) is 6.42 Å². The monoisotopic (exact) mass is 238 g/mol. The highest BCUT2D eigenvalue weighted by molar-refractivity contribution is 5.84. The highest BCUT2D eigenvalue weighted by Crippen LogP contribution is 2.18. The molecule has 0 fully saturated rings. The number of aromatic amines is 1. The van der Waals surface area contributed by atoms with Crippen LogP contribution in [0.25, 0.3) is 10.8 Å². The van der Waals surface area contributed by atoms with Crippen molar-refractivity contribution < 1.29 is 0 Å². The van der Waals surface area contributed by atoms with E-state index in [4.69, 9.17) is 0 Å². The minimum Gasteiger partial charge on any atom is -0.366 e. The number of pyridine rings is 1. The third-order valence-electron chi connectivity index (χ3n) is 3.23. The van der Waals surface area contributed by atoms with Crippen molar-refractivity contribution >= 4 is 10.8 Å². The van der Waals surface area contributed by atoms with Gasteiger partial charge in [0.2, 0.25) is 0 Å². The standard InChI is InChI=1S/C15H14N2O/c1-17-10-12(7-11-5-3-2-4-6-11)13-8-16-9-14(13)15(17)18/h2-6,8-10,16H,7H2,1H3. The molecule has 18 heavy (non-hydrogen) atoms. The molecular weight excluding hydrogens is 224 g/mol. The normalized spacial score (nSPS) is 10.9. The molecule has 0 aliphatic heterocycles. The van der Waals surface area contributed by atoms with Crippen LogP contribution in [0, 0.1) is 0 Å². The molecule has 3 nitrogen and oxygen atoms in total. The number of nitrogens with zero attached hydrogens (tertiary/aromatic N) is 1. The fourth-order valence-electron chi connectivity index (χ4n) is 2.32. The second-order valence-electron chi connectivity index (χ2n) is 4.52. The minimum absolute atomic E-state index is 0.0445. The van der Waals surface area contributed by atoms with E-state index >= 15 is 0 Å². The van der Waals surface area contributed by atoms with Crippen LogP contribution >= 0.6 is 0 Å². The van der Waals surface area contributed by atoms with E-state index in [0.29, 0.717) is 0 Å². The second kappa shape index (κ2) is 4.18. The first-order chi connectivity index (χ1) is 8.75. The number of H-pyrrole nitrogens is 1. The van der Waals surface area contributed by atoms with E-state index in [9.17, 15) is 4.79 Å². The van der Waals surface area contributed by atoms with Crippen LogP contribution in [0.1, 0.15) is 11.1 Å². The molecule has 0 spiro atoms. The van der Waals surface area contributed by atoms with E-state index in [0.717, 1.165) is 17.2 Å². The lowest BCUT2D eigenvalue weighted by Gasteiger charge is -2.06. The third kappa shape index (κ3) is 1.74. The number of fused-ring (bicyclic) bond motifs is 1. The van der Waals surface area contributed by atoms with Crippen molar-refractivity contribution in [3.63, 3.8) is 0 Å². The van der Waals surface area contributed by atoms with Gasteiger partial charge in [-0.15, -0.1) is 0 Å². The van der Waals surface area contributed by atoms with Crippen molar-refractivity contribution in [3.8, 4) is 0 Å². The van der Waals surface area contributed by atoms with Crippen molar-refractivity contribution in [3.05, 3.63) is 70.4 Å². The van der Waals surface area contributed by atoms with E-state index in [1.165, 1.54) is 11.1 Å². The molecule has 3 aromatic rings. The predicted molar refractivity (Wildman–Crippen MR) is 72.8 cm³/mol. The van der Waals surface area contributed by atoms with Crippen molar-refractivity contribution in [1.82, 2.24) is 9.55 Å². The van der Waals surface area contributed by atoms with Gasteiger partial charge in [-0.05, 0) is 17.5 Å². The van der Waals surface area contributed by atoms with Gasteiger partial charge in [0.25, 0.3) is 5.56 Å². The van der Waals surface area contributed by atoms with E-state index < -0.39 is 0 Å². The smallest absolute Gasteiger partial charge is 0.259 e. The summed E-state index contributed by atoms with van der Waals surface area (Å²) in [5.41, 5.74) is 2.46. The number of hydrogen-bond acceptors (Lipinski definition) is 1. The molecule has 3 heteroatoms. The first-order valence-corrected chi connectivity index (χ1v) is 5.94. The number of hydrogen-bond donors (Lipinski definition) is 1. The largest absolute Gasteiger partial charge is 0.366 e. The van der Waals surface area contributed by atoms with Crippen molar-refractivity contribution in [1.29, 1.82) is 0 Å². The molecule has 3 rings (SSSR count). The molecule has 0 radical (unpaired) electrons. The topological polar surface area (TPSA) is 37.8 Å². The maximum absolute atomic E-state index is 11.9. The Balaban J connectivity index is 2.15. The molecule has 1 N–H and O–H groups in total. The van der Waals surface area contributed by atoms with Gasteiger partial charge in [0.15, 0.2) is 0 Å². The number of benzene rings is 1. The average molecular weight is 238 g/mol. The maximum atomic E-state index is 11.9. The summed E-state index contributed by atoms with van der Waals surface area (Å²) in [5, 5.41) is 1.77. The summed E-state index contributed by atoms with van der Waals surface area (Å²) in [7, 11) is 1.79. The Morgan fingerprint density at radius 2 is 1.83 bits per heavy atom. The van der Waals surface area contributed by atoms with Gasteiger partial charge >= 0.3 is 0 Å². The molecule has 1 aromatic carbocycles. The van der Waals surface area contributed by atoms with Crippen LogP contribution in [0.4, 0.5) is 0 Å². The minimum atomic E-state index is 0.0445. The second-order valence-corrected chi connectivity index (χ2v) is 4.52. The lowest BCUT2D eigenvalue weighted by molar-refractivity contribution is 0.860. The quantitative estimate of drug-likeness (QED) is 0.731. The lowest BCUT2D eigenvalue weighted by atomic mass is 10.0. The number of aromatic nitrogens is 2. The Labute approximate surface area is 105 Å². The summed E-state index contributed by atoms with van der Waals surface area (Å²) in [6.07, 6.45) is 6.43. The third-order valence-corrected chi connectivity index (χ3v) is 3.23. The Morgan fingerprint density at radius 1 is 1.11 bits per heavy atom. The maximum Gasteiger partial charge on any atom is 0.259 e. The van der Waals surface area contributed by atoms with Crippen molar-refractivity contribution in [2.75, 3.05) is 0 Å². The van der Waals surface area contributed by atoms with Gasteiger partial charge in [0.05, 0.1) is 5.39 Å². The summed E-state index contributed by atoms with van der Waals surface area (Å²) in [6, 6.07) is 10.3. The predicted octanol–water partition coefficient (Wildman–Crippen LogP) is 2.46. The van der Waals surface area contributed by atoms with E-state index in [1.54, 1.807) is 17.8 Å². The zero-order valence-electron chi connectivity index (χ0n) is 10.2. The fourth-order valence-corrected chi connectivity index (χ4v) is 2.32. The van der Waals surface area contributed by atoms with Gasteiger partial charge in [-0.3, -0.25) is 4.79 Å². The van der Waals surface area contributed by atoms with Gasteiger partial charge in [-0.1, -0.05) is 30.3 Å². The Kier molecular flexibility index (Phi) is 2.52. The average Bonchev–Trinajstić information content (AvgIpc) is 2.86. The molecule has 90 valence electrons. The summed E-state index contributed by atoms with van der Waals surface area (Å²) in [4.78, 5) is 15.0. The summed E-state index contributed by atoms with van der Waals surface area (Å²) in [5.74, 6) is 0. The van der Waals surface area contributed by atoms with Gasteiger partial charge in [-0.2, -0.15) is 0 Å².